The highest BCUT2D eigenvalue weighted by molar-refractivity contribution is 7.13. The Morgan fingerprint density at radius 3 is 2.68 bits per heavy atom. The third-order valence-corrected chi connectivity index (χ3v) is 9.71. The number of carbonyl (C=O) groups excluding carboxylic acids is 1. The molecule has 0 amide bonds. The minimum Gasteiger partial charge on any atom is -0.466 e. The Balaban J connectivity index is 0.925. The van der Waals surface area contributed by atoms with E-state index >= 15 is 0 Å². The number of fused-ring (bicyclic) bond motifs is 2. The minimum atomic E-state index is -2.56. The fraction of sp³-hybridized carbons (Fsp3) is 0.621. The molecule has 3 heterocycles. The number of carbonyl (C=O) groups is 1. The summed E-state index contributed by atoms with van der Waals surface area (Å²) in [6.45, 7) is 3.11. The third-order valence-electron chi connectivity index (χ3n) is 8.66. The summed E-state index contributed by atoms with van der Waals surface area (Å²) < 4.78 is 33.6. The van der Waals surface area contributed by atoms with Crippen molar-refractivity contribution in [3.8, 4) is 5.19 Å². The number of aromatic nitrogens is 3. The Morgan fingerprint density at radius 1 is 1.13 bits per heavy atom. The first-order valence-electron chi connectivity index (χ1n) is 14.0. The maximum Gasteiger partial charge on any atom is 0.273 e. The summed E-state index contributed by atoms with van der Waals surface area (Å²) in [6.07, 6.45) is 9.56. The van der Waals surface area contributed by atoms with Crippen LogP contribution < -0.4 is 4.74 Å². The second kappa shape index (κ2) is 10.6. The van der Waals surface area contributed by atoms with Crippen molar-refractivity contribution < 1.29 is 18.3 Å². The molecular weight excluding hydrogens is 506 g/mol. The van der Waals surface area contributed by atoms with Gasteiger partial charge in [-0.25, -0.2) is 13.8 Å². The van der Waals surface area contributed by atoms with Gasteiger partial charge in [0.1, 0.15) is 6.10 Å². The smallest absolute Gasteiger partial charge is 0.273 e. The molecular formula is C29H36F2N4O2S. The number of hydrogen-bond donors (Lipinski definition) is 0. The number of hydrogen-bond acceptors (Lipinski definition) is 6. The predicted molar refractivity (Wildman–Crippen MR) is 144 cm³/mol. The molecule has 2 fully saturated rings. The molecule has 0 bridgehead atoms. The van der Waals surface area contributed by atoms with Gasteiger partial charge in [-0.2, -0.15) is 5.10 Å². The Hall–Kier alpha value is -2.39. The molecule has 0 radical (unpaired) electrons. The molecule has 2 aliphatic carbocycles. The topological polar surface area (TPSA) is 60.2 Å². The highest BCUT2D eigenvalue weighted by atomic mass is 32.1. The van der Waals surface area contributed by atoms with Gasteiger partial charge in [-0.15, -0.1) is 0 Å². The molecule has 1 aliphatic heterocycles. The van der Waals surface area contributed by atoms with E-state index in [-0.39, 0.29) is 24.7 Å². The lowest BCUT2D eigenvalue weighted by molar-refractivity contribution is -0.134. The van der Waals surface area contributed by atoms with Crippen LogP contribution in [0.3, 0.4) is 0 Å². The summed E-state index contributed by atoms with van der Waals surface area (Å²) in [5.74, 6) is -1.10. The number of halogens is 2. The fourth-order valence-electron chi connectivity index (χ4n) is 6.36. The van der Waals surface area contributed by atoms with Crippen LogP contribution in [0.1, 0.15) is 72.3 Å². The number of ketones is 1. The van der Waals surface area contributed by atoms with E-state index in [0.29, 0.717) is 17.5 Å². The molecule has 3 aromatic rings. The summed E-state index contributed by atoms with van der Waals surface area (Å²) in [5.41, 5.74) is 2.78. The lowest BCUT2D eigenvalue weighted by atomic mass is 9.78. The molecule has 0 N–H and O–H groups in total. The minimum absolute atomic E-state index is 0.189. The monoisotopic (exact) mass is 542 g/mol. The summed E-state index contributed by atoms with van der Waals surface area (Å²) in [5, 5.41) is 5.97. The zero-order valence-electron chi connectivity index (χ0n) is 22.0. The molecule has 2 aromatic heterocycles. The molecule has 1 aromatic carbocycles. The van der Waals surface area contributed by atoms with Crippen LogP contribution >= 0.6 is 11.3 Å². The van der Waals surface area contributed by atoms with Crippen LogP contribution in [-0.4, -0.2) is 57.1 Å². The second-order valence-electron chi connectivity index (χ2n) is 11.5. The molecule has 0 unspecified atom stereocenters. The van der Waals surface area contributed by atoms with Gasteiger partial charge in [0.15, 0.2) is 5.78 Å². The van der Waals surface area contributed by atoms with E-state index in [9.17, 15) is 13.6 Å². The fourth-order valence-corrected chi connectivity index (χ4v) is 7.37. The van der Waals surface area contributed by atoms with Gasteiger partial charge >= 0.3 is 0 Å². The van der Waals surface area contributed by atoms with Crippen LogP contribution in [0.4, 0.5) is 8.78 Å². The molecule has 2 saturated carbocycles. The maximum atomic E-state index is 13.1. The van der Waals surface area contributed by atoms with Crippen LogP contribution in [0.5, 0.6) is 5.19 Å². The van der Waals surface area contributed by atoms with Crippen LogP contribution in [0, 0.1) is 11.8 Å². The van der Waals surface area contributed by atoms with Gasteiger partial charge in [0.25, 0.3) is 11.1 Å². The summed E-state index contributed by atoms with van der Waals surface area (Å²) >= 11 is 1.54. The van der Waals surface area contributed by atoms with E-state index in [1.807, 2.05) is 31.4 Å². The highest BCUT2D eigenvalue weighted by Gasteiger charge is 2.47. The number of aryl methyl sites for hydroxylation is 1. The van der Waals surface area contributed by atoms with Crippen molar-refractivity contribution in [3.05, 3.63) is 40.5 Å². The SMILES string of the molecule is Cn1cc2c(C(=O)CC3CCC(CCN4CCc5nc(OC6CC(F)(F)C6)sc5CC4)CC3)cccc2n1. The Bertz CT molecular complexity index is 1260. The average molecular weight is 543 g/mol. The molecule has 204 valence electrons. The van der Waals surface area contributed by atoms with Crippen LogP contribution in [0.25, 0.3) is 10.9 Å². The van der Waals surface area contributed by atoms with Gasteiger partial charge in [-0.3, -0.25) is 9.48 Å². The Labute approximate surface area is 226 Å². The third kappa shape index (κ3) is 5.78. The van der Waals surface area contributed by atoms with Crippen LogP contribution in [0.15, 0.2) is 24.4 Å². The van der Waals surface area contributed by atoms with Crippen molar-refractivity contribution in [3.63, 3.8) is 0 Å². The number of thiazole rings is 1. The van der Waals surface area contributed by atoms with Gasteiger partial charge in [0.2, 0.25) is 0 Å². The number of rotatable bonds is 8. The molecule has 6 nitrogen and oxygen atoms in total. The largest absolute Gasteiger partial charge is 0.466 e. The number of Topliss-reactive ketones (excluding diaryl/α,β-unsaturated/α-hetero) is 1. The first-order valence-corrected chi connectivity index (χ1v) is 14.8. The van der Waals surface area contributed by atoms with E-state index in [1.54, 1.807) is 16.0 Å². The van der Waals surface area contributed by atoms with E-state index in [4.69, 9.17) is 4.74 Å². The number of ether oxygens (including phenoxy) is 1. The van der Waals surface area contributed by atoms with Gasteiger partial charge < -0.3 is 9.64 Å². The van der Waals surface area contributed by atoms with E-state index in [1.165, 1.54) is 24.1 Å². The zero-order valence-corrected chi connectivity index (χ0v) is 22.8. The van der Waals surface area contributed by atoms with E-state index in [2.05, 4.69) is 15.0 Å². The van der Waals surface area contributed by atoms with E-state index in [0.717, 1.165) is 73.4 Å². The molecule has 0 atom stereocenters. The average Bonchev–Trinajstić information content (AvgIpc) is 3.39. The number of nitrogens with zero attached hydrogens (tertiary/aromatic N) is 4. The number of alkyl halides is 2. The van der Waals surface area contributed by atoms with Crippen molar-refractivity contribution in [2.45, 2.75) is 76.2 Å². The second-order valence-corrected chi connectivity index (χ2v) is 12.6. The quantitative estimate of drug-likeness (QED) is 0.323. The lowest BCUT2D eigenvalue weighted by Gasteiger charge is -2.33. The van der Waals surface area contributed by atoms with Gasteiger partial charge in [0.05, 0.1) is 11.2 Å². The summed E-state index contributed by atoms with van der Waals surface area (Å²) in [6, 6.07) is 5.84. The first kappa shape index (κ1) is 25.9. The standard InChI is InChI=1S/C29H36F2N4O2S/c1-34-18-23-22(3-2-4-24(23)33-34)26(36)15-20-7-5-19(6-8-20)9-12-35-13-10-25-27(11-14-35)38-28(32-25)37-21-16-29(30,31)17-21/h2-4,18-21H,5-17H2,1H3. The van der Waals surface area contributed by atoms with Crippen molar-refractivity contribution in [2.75, 3.05) is 19.6 Å². The normalized spacial score (nSPS) is 24.1. The zero-order chi connectivity index (χ0) is 26.3. The first-order chi connectivity index (χ1) is 18.3. The molecule has 0 spiro atoms. The molecule has 3 aliphatic rings. The van der Waals surface area contributed by atoms with Crippen LogP contribution in [0.2, 0.25) is 0 Å². The number of benzene rings is 1. The Morgan fingerprint density at radius 2 is 1.89 bits per heavy atom. The van der Waals surface area contributed by atoms with Gasteiger partial charge in [-0.05, 0) is 50.1 Å². The molecule has 38 heavy (non-hydrogen) atoms. The Kier molecular flexibility index (Phi) is 7.24. The van der Waals surface area contributed by atoms with Crippen molar-refractivity contribution in [1.29, 1.82) is 0 Å². The van der Waals surface area contributed by atoms with Gasteiger partial charge in [0, 0.05) is 67.8 Å². The molecule has 0 saturated heterocycles. The van der Waals surface area contributed by atoms with Crippen molar-refractivity contribution in [1.82, 2.24) is 19.7 Å². The van der Waals surface area contributed by atoms with E-state index < -0.39 is 5.92 Å². The van der Waals surface area contributed by atoms with Gasteiger partial charge in [-0.1, -0.05) is 36.3 Å². The molecule has 9 heteroatoms. The summed E-state index contributed by atoms with van der Waals surface area (Å²) in [4.78, 5) is 21.5. The van der Waals surface area contributed by atoms with Crippen molar-refractivity contribution in [2.24, 2.45) is 18.9 Å². The maximum absolute atomic E-state index is 13.1. The predicted octanol–water partition coefficient (Wildman–Crippen LogP) is 6.08. The van der Waals surface area contributed by atoms with Crippen LogP contribution in [-0.2, 0) is 19.9 Å². The lowest BCUT2D eigenvalue weighted by Crippen LogP contribution is -2.43. The van der Waals surface area contributed by atoms with Crippen molar-refractivity contribution >= 4 is 28.0 Å². The highest BCUT2D eigenvalue weighted by Crippen LogP contribution is 2.41. The molecule has 6 rings (SSSR count). The summed E-state index contributed by atoms with van der Waals surface area (Å²) in [7, 11) is 1.90.